The highest BCUT2D eigenvalue weighted by Gasteiger charge is 2.54. The number of carbonyl (C=O) groups excluding carboxylic acids is 1. The van der Waals surface area contributed by atoms with E-state index in [0.29, 0.717) is 24.4 Å². The van der Waals surface area contributed by atoms with Crippen molar-refractivity contribution in [3.05, 3.63) is 30.1 Å². The Morgan fingerprint density at radius 1 is 1.28 bits per heavy atom. The van der Waals surface area contributed by atoms with E-state index in [1.165, 1.54) is 12.5 Å². The molecule has 2 aromatic heterocycles. The van der Waals surface area contributed by atoms with Crippen LogP contribution in [0.1, 0.15) is 36.6 Å². The molecule has 0 bridgehead atoms. The molecule has 2 amide bonds. The fraction of sp³-hybridized carbons (Fsp3) is 0.667. The van der Waals surface area contributed by atoms with Gasteiger partial charge in [0.1, 0.15) is 12.2 Å². The molecule has 11 heteroatoms. The van der Waals surface area contributed by atoms with Crippen LogP contribution in [0.15, 0.2) is 18.7 Å². The molecule has 4 heterocycles. The van der Waals surface area contributed by atoms with Crippen molar-refractivity contribution in [2.24, 2.45) is 11.3 Å². The minimum absolute atomic E-state index is 0.0581. The van der Waals surface area contributed by atoms with Gasteiger partial charge >= 0.3 is 12.3 Å². The predicted molar refractivity (Wildman–Crippen MR) is 94.7 cm³/mol. The first-order valence-corrected chi connectivity index (χ1v) is 9.81. The van der Waals surface area contributed by atoms with Crippen molar-refractivity contribution in [1.82, 2.24) is 34.8 Å². The summed E-state index contributed by atoms with van der Waals surface area (Å²) in [5.41, 5.74) is 0.773. The lowest BCUT2D eigenvalue weighted by Crippen LogP contribution is -2.65. The summed E-state index contributed by atoms with van der Waals surface area (Å²) in [5.74, 6) is 1.40. The third-order valence-electron chi connectivity index (χ3n) is 6.47. The Morgan fingerprint density at radius 3 is 2.72 bits per heavy atom. The van der Waals surface area contributed by atoms with Crippen molar-refractivity contribution in [1.29, 1.82) is 0 Å². The number of carbonyl (C=O) groups is 1. The third kappa shape index (κ3) is 3.36. The van der Waals surface area contributed by atoms with Gasteiger partial charge < -0.3 is 9.80 Å². The van der Waals surface area contributed by atoms with Crippen molar-refractivity contribution in [3.8, 4) is 0 Å². The highest BCUT2D eigenvalue weighted by atomic mass is 19.4. The number of amides is 2. The van der Waals surface area contributed by atoms with Gasteiger partial charge in [-0.05, 0) is 37.2 Å². The lowest BCUT2D eigenvalue weighted by atomic mass is 9.56. The van der Waals surface area contributed by atoms with Gasteiger partial charge in [-0.3, -0.25) is 5.10 Å². The quantitative estimate of drug-likeness (QED) is 0.844. The van der Waals surface area contributed by atoms with Gasteiger partial charge in [0.05, 0.1) is 6.20 Å². The summed E-state index contributed by atoms with van der Waals surface area (Å²) in [5, 5.41) is 10.2. The summed E-state index contributed by atoms with van der Waals surface area (Å²) in [6.45, 7) is 2.87. The highest BCUT2D eigenvalue weighted by molar-refractivity contribution is 5.76. The van der Waals surface area contributed by atoms with E-state index in [9.17, 15) is 18.0 Å². The summed E-state index contributed by atoms with van der Waals surface area (Å²) >= 11 is 0. The van der Waals surface area contributed by atoms with Gasteiger partial charge in [0, 0.05) is 43.7 Å². The second kappa shape index (κ2) is 6.46. The minimum atomic E-state index is -4.46. The molecule has 2 saturated heterocycles. The number of aromatic nitrogens is 5. The van der Waals surface area contributed by atoms with E-state index in [1.54, 1.807) is 0 Å². The molecule has 0 unspecified atom stereocenters. The van der Waals surface area contributed by atoms with E-state index < -0.39 is 6.30 Å². The Labute approximate surface area is 165 Å². The summed E-state index contributed by atoms with van der Waals surface area (Å²) in [7, 11) is 0. The molecule has 0 radical (unpaired) electrons. The first-order chi connectivity index (χ1) is 13.8. The SMILES string of the molecule is O=C(N1CC[C@H](c2ncn[nH]2)C1)N1CC2(CC(Cc3cnn(C(F)(F)F)c3)C2)C1. The lowest BCUT2D eigenvalue weighted by molar-refractivity contribution is -0.212. The standard InChI is InChI=1S/C18H22F3N7O/c19-18(20,21)28-7-13(6-24-28)3-12-4-17(5-12)9-27(10-17)16(29)26-2-1-14(8-26)15-22-11-23-25-15/h6-7,11-12,14H,1-5,8-10H2,(H,22,23,25)/t14-/m0/s1. The van der Waals surface area contributed by atoms with Crippen molar-refractivity contribution in [2.45, 2.75) is 37.9 Å². The summed E-state index contributed by atoms with van der Waals surface area (Å²) < 4.78 is 37.9. The Bertz CT molecular complexity index is 880. The molecular formula is C18H22F3N7O. The van der Waals surface area contributed by atoms with E-state index in [4.69, 9.17) is 0 Å². The maximum absolute atomic E-state index is 12.7. The highest BCUT2D eigenvalue weighted by Crippen LogP contribution is 2.53. The fourth-order valence-electron chi connectivity index (χ4n) is 5.17. The second-order valence-corrected chi connectivity index (χ2v) is 8.68. The van der Waals surface area contributed by atoms with Crippen LogP contribution >= 0.6 is 0 Å². The molecule has 1 spiro atoms. The molecule has 0 aromatic carbocycles. The molecule has 3 fully saturated rings. The minimum Gasteiger partial charge on any atom is -0.324 e. The van der Waals surface area contributed by atoms with Crippen LogP contribution in [-0.4, -0.2) is 67.0 Å². The number of alkyl halides is 3. The molecular weight excluding hydrogens is 387 g/mol. The molecule has 1 atom stereocenters. The van der Waals surface area contributed by atoms with Crippen LogP contribution in [0.3, 0.4) is 0 Å². The van der Waals surface area contributed by atoms with Gasteiger partial charge in [-0.1, -0.05) is 0 Å². The molecule has 2 aliphatic heterocycles. The summed E-state index contributed by atoms with van der Waals surface area (Å²) in [6.07, 6.45) is 2.79. The number of halogens is 3. The second-order valence-electron chi connectivity index (χ2n) is 8.68. The topological polar surface area (TPSA) is 82.9 Å². The number of aromatic amines is 1. The molecule has 2 aromatic rings. The Hall–Kier alpha value is -2.59. The van der Waals surface area contributed by atoms with Crippen LogP contribution in [0.5, 0.6) is 0 Å². The number of nitrogens with one attached hydrogen (secondary N) is 1. The van der Waals surface area contributed by atoms with Crippen molar-refractivity contribution in [2.75, 3.05) is 26.2 Å². The third-order valence-corrected chi connectivity index (χ3v) is 6.47. The zero-order chi connectivity index (χ0) is 20.2. The van der Waals surface area contributed by atoms with Crippen molar-refractivity contribution < 1.29 is 18.0 Å². The maximum atomic E-state index is 12.7. The van der Waals surface area contributed by atoms with Crippen LogP contribution in [-0.2, 0) is 12.7 Å². The Morgan fingerprint density at radius 2 is 2.07 bits per heavy atom. The lowest BCUT2D eigenvalue weighted by Gasteiger charge is -2.59. The molecule has 1 N–H and O–H groups in total. The average Bonchev–Trinajstić information content (AvgIpc) is 3.35. The summed E-state index contributed by atoms with van der Waals surface area (Å²) in [4.78, 5) is 20.7. The maximum Gasteiger partial charge on any atom is 0.504 e. The Balaban J connectivity index is 1.08. The summed E-state index contributed by atoms with van der Waals surface area (Å²) in [6, 6.07) is 0.0764. The smallest absolute Gasteiger partial charge is 0.324 e. The number of H-pyrrole nitrogens is 1. The molecule has 156 valence electrons. The van der Waals surface area contributed by atoms with E-state index >= 15 is 0 Å². The molecule has 3 aliphatic rings. The molecule has 8 nitrogen and oxygen atoms in total. The first-order valence-electron chi connectivity index (χ1n) is 9.81. The fourth-order valence-corrected chi connectivity index (χ4v) is 5.17. The van der Waals surface area contributed by atoms with Crippen LogP contribution in [0.2, 0.25) is 0 Å². The first kappa shape index (κ1) is 18.4. The molecule has 29 heavy (non-hydrogen) atoms. The number of hydrogen-bond donors (Lipinski definition) is 1. The van der Waals surface area contributed by atoms with Crippen LogP contribution < -0.4 is 0 Å². The van der Waals surface area contributed by atoms with Gasteiger partial charge in [-0.2, -0.15) is 14.9 Å². The van der Waals surface area contributed by atoms with Gasteiger partial charge in [-0.25, -0.2) is 9.78 Å². The largest absolute Gasteiger partial charge is 0.504 e. The number of hydrogen-bond acceptors (Lipinski definition) is 4. The van der Waals surface area contributed by atoms with Crippen LogP contribution in [0.25, 0.3) is 0 Å². The predicted octanol–water partition coefficient (Wildman–Crippen LogP) is 2.34. The van der Waals surface area contributed by atoms with Gasteiger partial charge in [0.25, 0.3) is 0 Å². The zero-order valence-corrected chi connectivity index (χ0v) is 15.8. The number of likely N-dealkylation sites (tertiary alicyclic amines) is 2. The zero-order valence-electron chi connectivity index (χ0n) is 15.8. The van der Waals surface area contributed by atoms with E-state index in [2.05, 4.69) is 20.3 Å². The number of urea groups is 1. The van der Waals surface area contributed by atoms with E-state index in [-0.39, 0.29) is 22.0 Å². The normalized spacial score (nSPS) is 24.0. The van der Waals surface area contributed by atoms with Gasteiger partial charge in [0.15, 0.2) is 0 Å². The molecule has 5 rings (SSSR count). The van der Waals surface area contributed by atoms with Crippen LogP contribution in [0, 0.1) is 11.3 Å². The molecule has 1 aliphatic carbocycles. The van der Waals surface area contributed by atoms with Crippen LogP contribution in [0.4, 0.5) is 18.0 Å². The van der Waals surface area contributed by atoms with Gasteiger partial charge in [-0.15, -0.1) is 13.2 Å². The van der Waals surface area contributed by atoms with E-state index in [0.717, 1.165) is 50.9 Å². The van der Waals surface area contributed by atoms with Gasteiger partial charge in [0.2, 0.25) is 0 Å². The average molecular weight is 409 g/mol. The van der Waals surface area contributed by atoms with E-state index in [1.807, 2.05) is 9.80 Å². The molecule has 1 saturated carbocycles. The number of rotatable bonds is 3. The van der Waals surface area contributed by atoms with Crippen molar-refractivity contribution in [3.63, 3.8) is 0 Å². The number of nitrogens with zero attached hydrogens (tertiary/aromatic N) is 6. The Kier molecular flexibility index (Phi) is 4.11. The van der Waals surface area contributed by atoms with Crippen molar-refractivity contribution >= 4 is 6.03 Å². The monoisotopic (exact) mass is 409 g/mol.